The number of amides is 1. The Balaban J connectivity index is 1.77. The summed E-state index contributed by atoms with van der Waals surface area (Å²) in [7, 11) is -0.652. The molecule has 2 aliphatic rings. The molecule has 0 bridgehead atoms. The molecule has 0 saturated carbocycles. The second-order valence-corrected chi connectivity index (χ2v) is 10.7. The van der Waals surface area contributed by atoms with E-state index in [0.29, 0.717) is 5.82 Å². The molecule has 2 aliphatic heterocycles. The average Bonchev–Trinajstić information content (AvgIpc) is 2.71. The van der Waals surface area contributed by atoms with Crippen LogP contribution in [0.15, 0.2) is 54.5 Å². The van der Waals surface area contributed by atoms with E-state index in [4.69, 9.17) is 5.73 Å². The minimum atomic E-state index is -0.652. The fourth-order valence-corrected chi connectivity index (χ4v) is 4.78. The summed E-state index contributed by atoms with van der Waals surface area (Å²) in [6, 6.07) is 8.56. The number of carbonyl (C=O) groups is 1. The van der Waals surface area contributed by atoms with Crippen LogP contribution in [0.5, 0.6) is 0 Å². The molecule has 0 aliphatic carbocycles. The van der Waals surface area contributed by atoms with E-state index in [1.54, 1.807) is 6.20 Å². The van der Waals surface area contributed by atoms with Crippen LogP contribution in [-0.2, 0) is 22.1 Å². The van der Waals surface area contributed by atoms with E-state index in [1.807, 2.05) is 13.8 Å². The molecular weight excluding hydrogens is 408 g/mol. The highest BCUT2D eigenvalue weighted by atomic mass is 32.2. The molecule has 0 atom stereocenters. The second kappa shape index (κ2) is 9.83. The van der Waals surface area contributed by atoms with Crippen molar-refractivity contribution in [3.63, 3.8) is 0 Å². The van der Waals surface area contributed by atoms with Gasteiger partial charge in [-0.2, -0.15) is 0 Å². The van der Waals surface area contributed by atoms with Gasteiger partial charge in [0.15, 0.2) is 0 Å². The molecule has 6 nitrogen and oxygen atoms in total. The Kier molecular flexibility index (Phi) is 7.38. The Morgan fingerprint density at radius 2 is 1.87 bits per heavy atom. The van der Waals surface area contributed by atoms with Crippen LogP contribution in [0.3, 0.4) is 0 Å². The van der Waals surface area contributed by atoms with Gasteiger partial charge in [-0.05, 0) is 31.1 Å². The summed E-state index contributed by atoms with van der Waals surface area (Å²) in [5.41, 5.74) is 9.21. The van der Waals surface area contributed by atoms with Gasteiger partial charge in [-0.15, -0.1) is 0 Å². The number of carbonyl (C=O) groups excluding carboxylic acids is 1. The summed E-state index contributed by atoms with van der Waals surface area (Å²) in [5.74, 6) is 1.62. The Morgan fingerprint density at radius 3 is 2.48 bits per heavy atom. The zero-order valence-corrected chi connectivity index (χ0v) is 19.7. The Bertz CT molecular complexity index is 906. The van der Waals surface area contributed by atoms with Gasteiger partial charge in [-0.1, -0.05) is 50.3 Å². The van der Waals surface area contributed by atoms with Crippen molar-refractivity contribution in [1.82, 2.24) is 15.1 Å². The Morgan fingerprint density at radius 1 is 1.23 bits per heavy atom. The first kappa shape index (κ1) is 23.3. The van der Waals surface area contributed by atoms with Gasteiger partial charge in [-0.25, -0.2) is 0 Å². The lowest BCUT2D eigenvalue weighted by molar-refractivity contribution is -0.123. The van der Waals surface area contributed by atoms with E-state index in [1.165, 1.54) is 5.56 Å². The predicted octanol–water partition coefficient (Wildman–Crippen LogP) is 2.77. The molecule has 31 heavy (non-hydrogen) atoms. The number of nitrogens with zero attached hydrogens (tertiary/aromatic N) is 2. The van der Waals surface area contributed by atoms with Crippen molar-refractivity contribution in [1.29, 1.82) is 0 Å². The van der Waals surface area contributed by atoms with E-state index in [9.17, 15) is 9.00 Å². The molecule has 3 N–H and O–H groups in total. The lowest BCUT2D eigenvalue weighted by Gasteiger charge is -2.40. The molecule has 168 valence electrons. The van der Waals surface area contributed by atoms with Crippen LogP contribution in [0.2, 0.25) is 0 Å². The van der Waals surface area contributed by atoms with Crippen molar-refractivity contribution in [3.05, 3.63) is 65.6 Å². The number of allylic oxidation sites excluding steroid dienone is 2. The van der Waals surface area contributed by atoms with Crippen molar-refractivity contribution in [2.24, 2.45) is 11.7 Å². The molecule has 1 saturated heterocycles. The van der Waals surface area contributed by atoms with Crippen molar-refractivity contribution in [2.45, 2.75) is 39.8 Å². The summed E-state index contributed by atoms with van der Waals surface area (Å²) in [4.78, 5) is 16.5. The lowest BCUT2D eigenvalue weighted by atomic mass is 9.95. The number of hydrogen-bond acceptors (Lipinski definition) is 5. The maximum absolute atomic E-state index is 12.0. The molecular formula is C24H34N4O2S. The van der Waals surface area contributed by atoms with Crippen LogP contribution in [0.25, 0.3) is 5.70 Å². The van der Waals surface area contributed by atoms with Crippen LogP contribution in [0.4, 0.5) is 0 Å². The third-order valence-corrected chi connectivity index (χ3v) is 6.90. The minimum absolute atomic E-state index is 0.101. The zero-order valence-electron chi connectivity index (χ0n) is 18.9. The third-order valence-electron chi connectivity index (χ3n) is 5.62. The van der Waals surface area contributed by atoms with Crippen molar-refractivity contribution in [2.75, 3.05) is 24.6 Å². The van der Waals surface area contributed by atoms with Crippen molar-refractivity contribution in [3.8, 4) is 0 Å². The standard InChI is InChI=1S/C24H34N4O2S/c1-18(2)23(29)26-22(25)17-28-21(6-5-11-24(28,3)4)20-9-7-19(8-10-20)16-27-12-14-31(30)15-13-27/h5-11,17-18H,12-16,25H2,1-4H3,(H,26,29)/b22-17+. The Labute approximate surface area is 188 Å². The van der Waals surface area contributed by atoms with Crippen molar-refractivity contribution >= 4 is 22.4 Å². The van der Waals surface area contributed by atoms with E-state index < -0.39 is 10.8 Å². The number of rotatable bonds is 6. The highest BCUT2D eigenvalue weighted by Gasteiger charge is 2.28. The monoisotopic (exact) mass is 442 g/mol. The number of nitrogens with one attached hydrogen (secondary N) is 1. The van der Waals surface area contributed by atoms with Gasteiger partial charge in [0.25, 0.3) is 0 Å². The summed E-state index contributed by atoms with van der Waals surface area (Å²) >= 11 is 0. The largest absolute Gasteiger partial charge is 0.384 e. The molecule has 2 heterocycles. The molecule has 1 aromatic rings. The SMILES string of the molecule is CC(C)C(=O)N/C(N)=C/N1C(c2ccc(CN3CCS(=O)CC3)cc2)=CC=CC1(C)C. The van der Waals surface area contributed by atoms with Crippen LogP contribution in [0.1, 0.15) is 38.8 Å². The minimum Gasteiger partial charge on any atom is -0.384 e. The summed E-state index contributed by atoms with van der Waals surface area (Å²) < 4.78 is 11.6. The summed E-state index contributed by atoms with van der Waals surface area (Å²) in [6.07, 6.45) is 8.04. The topological polar surface area (TPSA) is 78.7 Å². The van der Waals surface area contributed by atoms with Gasteiger partial charge in [0.2, 0.25) is 5.91 Å². The smallest absolute Gasteiger partial charge is 0.228 e. The van der Waals surface area contributed by atoms with E-state index in [2.05, 4.69) is 71.5 Å². The average molecular weight is 443 g/mol. The molecule has 0 radical (unpaired) electrons. The van der Waals surface area contributed by atoms with Gasteiger partial charge in [-0.3, -0.25) is 13.9 Å². The molecule has 1 fully saturated rings. The molecule has 1 aromatic carbocycles. The van der Waals surface area contributed by atoms with Crippen LogP contribution < -0.4 is 11.1 Å². The number of nitrogens with two attached hydrogens (primary N) is 1. The van der Waals surface area contributed by atoms with Crippen LogP contribution >= 0.6 is 0 Å². The fourth-order valence-electron chi connectivity index (χ4n) is 3.65. The zero-order chi connectivity index (χ0) is 22.6. The van der Waals surface area contributed by atoms with Gasteiger partial charge in [0.05, 0.1) is 5.54 Å². The number of benzene rings is 1. The molecule has 7 heteroatoms. The van der Waals surface area contributed by atoms with Crippen LogP contribution in [-0.4, -0.2) is 50.1 Å². The molecule has 0 aromatic heterocycles. The predicted molar refractivity (Wildman–Crippen MR) is 128 cm³/mol. The highest BCUT2D eigenvalue weighted by molar-refractivity contribution is 7.85. The van der Waals surface area contributed by atoms with Gasteiger partial charge < -0.3 is 16.0 Å². The van der Waals surface area contributed by atoms with Gasteiger partial charge >= 0.3 is 0 Å². The highest BCUT2D eigenvalue weighted by Crippen LogP contribution is 2.32. The second-order valence-electron chi connectivity index (χ2n) is 8.98. The molecule has 0 spiro atoms. The summed E-state index contributed by atoms with van der Waals surface area (Å²) in [5, 5.41) is 2.77. The maximum atomic E-state index is 12.0. The first-order chi connectivity index (χ1) is 14.7. The van der Waals surface area contributed by atoms with E-state index >= 15 is 0 Å². The fraction of sp³-hybridized carbons (Fsp3) is 0.458. The van der Waals surface area contributed by atoms with Crippen molar-refractivity contribution < 1.29 is 9.00 Å². The molecule has 1 amide bonds. The van der Waals surface area contributed by atoms with Gasteiger partial charge in [0.1, 0.15) is 5.82 Å². The molecule has 3 rings (SSSR count). The van der Waals surface area contributed by atoms with Gasteiger partial charge in [0, 0.05) is 59.8 Å². The van der Waals surface area contributed by atoms with E-state index in [0.717, 1.165) is 42.4 Å². The summed E-state index contributed by atoms with van der Waals surface area (Å²) in [6.45, 7) is 10.5. The van der Waals surface area contributed by atoms with E-state index in [-0.39, 0.29) is 17.4 Å². The molecule has 0 unspecified atom stereocenters. The maximum Gasteiger partial charge on any atom is 0.228 e. The first-order valence-electron chi connectivity index (χ1n) is 10.8. The van der Waals surface area contributed by atoms with Crippen LogP contribution in [0, 0.1) is 5.92 Å². The first-order valence-corrected chi connectivity index (χ1v) is 12.3. The number of hydrogen-bond donors (Lipinski definition) is 2. The quantitative estimate of drug-likeness (QED) is 0.708. The normalized spacial score (nSPS) is 20.1. The lowest BCUT2D eigenvalue weighted by Crippen LogP contribution is -2.41. The third kappa shape index (κ3) is 6.08. The Hall–Kier alpha value is -2.38.